The maximum absolute atomic E-state index is 13.1. The van der Waals surface area contributed by atoms with Crippen LogP contribution in [0, 0.1) is 11.7 Å². The average Bonchev–Trinajstić information content (AvgIpc) is 2.33. The molecule has 1 aromatic carbocycles. The first-order valence-electron chi connectivity index (χ1n) is 5.82. The number of carbonyl (C=O) groups excluding carboxylic acids is 1. The highest BCUT2D eigenvalue weighted by atomic mass is 79.9. The molecule has 92 valence electrons. The molecule has 2 nitrogen and oxygen atoms in total. The summed E-state index contributed by atoms with van der Waals surface area (Å²) in [6.45, 7) is 3.81. The second kappa shape index (κ2) is 5.17. The predicted molar refractivity (Wildman–Crippen MR) is 68.4 cm³/mol. The number of carbonyl (C=O) groups is 1. The normalized spacial score (nSPS) is 17.2. The van der Waals surface area contributed by atoms with Crippen molar-refractivity contribution in [3.63, 3.8) is 0 Å². The van der Waals surface area contributed by atoms with Crippen molar-refractivity contribution >= 4 is 21.8 Å². The van der Waals surface area contributed by atoms with E-state index in [-0.39, 0.29) is 11.7 Å². The summed E-state index contributed by atoms with van der Waals surface area (Å²) in [6, 6.07) is 4.42. The standard InChI is InChI=1S/C13H15BrFNO/c1-9-4-6-16(7-5-9)13(17)10-2-3-12(15)11(14)8-10/h2-3,8-9H,4-7H2,1H3. The Balaban J connectivity index is 2.11. The Morgan fingerprint density at radius 2 is 2.06 bits per heavy atom. The zero-order valence-corrected chi connectivity index (χ0v) is 11.3. The van der Waals surface area contributed by atoms with Crippen LogP contribution in [0.4, 0.5) is 4.39 Å². The van der Waals surface area contributed by atoms with Crippen molar-refractivity contribution < 1.29 is 9.18 Å². The number of benzene rings is 1. The summed E-state index contributed by atoms with van der Waals surface area (Å²) >= 11 is 3.10. The van der Waals surface area contributed by atoms with Gasteiger partial charge >= 0.3 is 0 Å². The van der Waals surface area contributed by atoms with Gasteiger partial charge in [0.25, 0.3) is 5.91 Å². The van der Waals surface area contributed by atoms with Gasteiger partial charge in [-0.15, -0.1) is 0 Å². The molecule has 1 aliphatic rings. The second-order valence-electron chi connectivity index (χ2n) is 4.60. The molecule has 0 bridgehead atoms. The van der Waals surface area contributed by atoms with Crippen LogP contribution in [-0.4, -0.2) is 23.9 Å². The molecule has 0 aliphatic carbocycles. The quantitative estimate of drug-likeness (QED) is 0.778. The van der Waals surface area contributed by atoms with E-state index in [2.05, 4.69) is 22.9 Å². The molecule has 0 atom stereocenters. The highest BCUT2D eigenvalue weighted by Gasteiger charge is 2.21. The van der Waals surface area contributed by atoms with Crippen LogP contribution in [0.25, 0.3) is 0 Å². The smallest absolute Gasteiger partial charge is 0.253 e. The van der Waals surface area contributed by atoms with Gasteiger partial charge in [-0.2, -0.15) is 0 Å². The van der Waals surface area contributed by atoms with Crippen LogP contribution in [0.15, 0.2) is 22.7 Å². The predicted octanol–water partition coefficient (Wildman–Crippen LogP) is 3.46. The Morgan fingerprint density at radius 1 is 1.41 bits per heavy atom. The molecule has 1 fully saturated rings. The molecule has 1 aromatic rings. The van der Waals surface area contributed by atoms with Crippen LogP contribution in [-0.2, 0) is 0 Å². The number of piperidine rings is 1. The molecule has 0 aromatic heterocycles. The minimum atomic E-state index is -0.339. The van der Waals surface area contributed by atoms with E-state index in [4.69, 9.17) is 0 Å². The van der Waals surface area contributed by atoms with E-state index in [1.807, 2.05) is 4.90 Å². The zero-order valence-electron chi connectivity index (χ0n) is 9.75. The molecule has 1 saturated heterocycles. The summed E-state index contributed by atoms with van der Waals surface area (Å²) in [6.07, 6.45) is 2.10. The first-order valence-corrected chi connectivity index (χ1v) is 6.61. The van der Waals surface area contributed by atoms with Gasteiger partial charge in [0.1, 0.15) is 5.82 Å². The van der Waals surface area contributed by atoms with Gasteiger partial charge in [-0.05, 0) is 52.9 Å². The summed E-state index contributed by atoms with van der Waals surface area (Å²) in [5.41, 5.74) is 0.549. The maximum atomic E-state index is 13.1. The average molecular weight is 300 g/mol. The maximum Gasteiger partial charge on any atom is 0.253 e. The molecule has 17 heavy (non-hydrogen) atoms. The van der Waals surface area contributed by atoms with Crippen LogP contribution in [0.1, 0.15) is 30.1 Å². The number of halogens is 2. The van der Waals surface area contributed by atoms with E-state index in [1.165, 1.54) is 6.07 Å². The highest BCUT2D eigenvalue weighted by Crippen LogP contribution is 2.21. The molecule has 4 heteroatoms. The number of rotatable bonds is 1. The van der Waals surface area contributed by atoms with Crippen LogP contribution in [0.5, 0.6) is 0 Å². The molecular formula is C13H15BrFNO. The summed E-state index contributed by atoms with van der Waals surface area (Å²) in [5, 5.41) is 0. The van der Waals surface area contributed by atoms with Crippen molar-refractivity contribution in [2.75, 3.05) is 13.1 Å². The van der Waals surface area contributed by atoms with Gasteiger partial charge in [-0.1, -0.05) is 6.92 Å². The van der Waals surface area contributed by atoms with E-state index in [0.717, 1.165) is 25.9 Å². The van der Waals surface area contributed by atoms with E-state index >= 15 is 0 Å². The Labute approximate surface area is 109 Å². The third-order valence-corrected chi connectivity index (χ3v) is 3.85. The van der Waals surface area contributed by atoms with Crippen molar-refractivity contribution in [2.24, 2.45) is 5.92 Å². The second-order valence-corrected chi connectivity index (χ2v) is 5.46. The lowest BCUT2D eigenvalue weighted by Crippen LogP contribution is -2.37. The van der Waals surface area contributed by atoms with Gasteiger partial charge in [0.15, 0.2) is 0 Å². The molecule has 0 saturated carbocycles. The lowest BCUT2D eigenvalue weighted by molar-refractivity contribution is 0.0697. The lowest BCUT2D eigenvalue weighted by atomic mass is 9.98. The Hall–Kier alpha value is -0.900. The molecular weight excluding hydrogens is 285 g/mol. The van der Waals surface area contributed by atoms with Gasteiger partial charge in [0.2, 0.25) is 0 Å². The van der Waals surface area contributed by atoms with Crippen LogP contribution < -0.4 is 0 Å². The first-order chi connectivity index (χ1) is 8.08. The third-order valence-electron chi connectivity index (χ3n) is 3.24. The SMILES string of the molecule is CC1CCN(C(=O)c2ccc(F)c(Br)c2)CC1. The highest BCUT2D eigenvalue weighted by molar-refractivity contribution is 9.10. The number of hydrogen-bond acceptors (Lipinski definition) is 1. The van der Waals surface area contributed by atoms with Gasteiger partial charge < -0.3 is 4.90 Å². The van der Waals surface area contributed by atoms with Crippen LogP contribution in [0.2, 0.25) is 0 Å². The molecule has 0 radical (unpaired) electrons. The number of nitrogens with zero attached hydrogens (tertiary/aromatic N) is 1. The topological polar surface area (TPSA) is 20.3 Å². The molecule has 1 aliphatic heterocycles. The summed E-state index contributed by atoms with van der Waals surface area (Å²) in [5.74, 6) is 0.352. The molecule has 2 rings (SSSR count). The first kappa shape index (κ1) is 12.6. The van der Waals surface area contributed by atoms with E-state index in [9.17, 15) is 9.18 Å². The van der Waals surface area contributed by atoms with E-state index < -0.39 is 0 Å². The lowest BCUT2D eigenvalue weighted by Gasteiger charge is -2.30. The van der Waals surface area contributed by atoms with Crippen LogP contribution >= 0.6 is 15.9 Å². The number of likely N-dealkylation sites (tertiary alicyclic amines) is 1. The van der Waals surface area contributed by atoms with Gasteiger partial charge in [0.05, 0.1) is 4.47 Å². The molecule has 0 unspecified atom stereocenters. The van der Waals surface area contributed by atoms with Crippen molar-refractivity contribution in [1.29, 1.82) is 0 Å². The van der Waals surface area contributed by atoms with E-state index in [1.54, 1.807) is 12.1 Å². The third kappa shape index (κ3) is 2.86. The van der Waals surface area contributed by atoms with Crippen molar-refractivity contribution in [3.05, 3.63) is 34.1 Å². The summed E-state index contributed by atoms with van der Waals surface area (Å²) in [4.78, 5) is 14.0. The fraction of sp³-hybridized carbons (Fsp3) is 0.462. The minimum Gasteiger partial charge on any atom is -0.339 e. The number of hydrogen-bond donors (Lipinski definition) is 0. The van der Waals surface area contributed by atoms with Gasteiger partial charge in [-0.3, -0.25) is 4.79 Å². The Morgan fingerprint density at radius 3 is 2.65 bits per heavy atom. The molecule has 0 spiro atoms. The summed E-state index contributed by atoms with van der Waals surface area (Å²) < 4.78 is 13.4. The number of amides is 1. The Kier molecular flexibility index (Phi) is 3.82. The van der Waals surface area contributed by atoms with Crippen molar-refractivity contribution in [3.8, 4) is 0 Å². The minimum absolute atomic E-state index is 0.00222. The monoisotopic (exact) mass is 299 g/mol. The molecule has 1 heterocycles. The van der Waals surface area contributed by atoms with Crippen molar-refractivity contribution in [2.45, 2.75) is 19.8 Å². The molecule has 0 N–H and O–H groups in total. The van der Waals surface area contributed by atoms with Gasteiger partial charge in [-0.25, -0.2) is 4.39 Å². The Bertz CT molecular complexity index is 427. The fourth-order valence-corrected chi connectivity index (χ4v) is 2.40. The van der Waals surface area contributed by atoms with Crippen molar-refractivity contribution in [1.82, 2.24) is 4.90 Å². The zero-order chi connectivity index (χ0) is 12.4. The molecule has 1 amide bonds. The van der Waals surface area contributed by atoms with Gasteiger partial charge in [0, 0.05) is 18.7 Å². The fourth-order valence-electron chi connectivity index (χ4n) is 2.02. The van der Waals surface area contributed by atoms with E-state index in [0.29, 0.717) is 16.0 Å². The van der Waals surface area contributed by atoms with Crippen LogP contribution in [0.3, 0.4) is 0 Å². The summed E-state index contributed by atoms with van der Waals surface area (Å²) in [7, 11) is 0. The largest absolute Gasteiger partial charge is 0.339 e.